The third kappa shape index (κ3) is 2.45. The van der Waals surface area contributed by atoms with E-state index in [0.717, 1.165) is 66.6 Å². The molecule has 4 nitrogen and oxygen atoms in total. The predicted molar refractivity (Wildman–Crippen MR) is 84.6 cm³/mol. The molecule has 0 spiro atoms. The lowest BCUT2D eigenvalue weighted by Crippen LogP contribution is -2.32. The first-order valence-corrected chi connectivity index (χ1v) is 8.52. The normalized spacial score (nSPS) is 25.8. The van der Waals surface area contributed by atoms with E-state index < -0.39 is 0 Å². The highest BCUT2D eigenvalue weighted by atomic mass is 32.1. The van der Waals surface area contributed by atoms with Gasteiger partial charge in [0.2, 0.25) is 0 Å². The van der Waals surface area contributed by atoms with E-state index in [4.69, 9.17) is 0 Å². The molecule has 1 N–H and O–H groups in total. The van der Waals surface area contributed by atoms with Crippen molar-refractivity contribution in [1.29, 1.82) is 0 Å². The number of fused-ring (bicyclic) bond motifs is 2. The molecule has 1 amide bonds. The molecular weight excluding hydrogens is 282 g/mol. The van der Waals surface area contributed by atoms with Crippen LogP contribution in [0.2, 0.25) is 0 Å². The Labute approximate surface area is 128 Å². The van der Waals surface area contributed by atoms with Gasteiger partial charge in [-0.05, 0) is 56.0 Å². The van der Waals surface area contributed by atoms with E-state index in [0.29, 0.717) is 0 Å². The Bertz CT molecular complexity index is 654. The monoisotopic (exact) mass is 301 g/mol. The minimum Gasteiger partial charge on any atom is -0.339 e. The molecule has 3 heterocycles. The second-order valence-corrected chi connectivity index (χ2v) is 6.97. The van der Waals surface area contributed by atoms with Crippen LogP contribution in [0, 0.1) is 11.8 Å². The second kappa shape index (κ2) is 5.39. The largest absolute Gasteiger partial charge is 0.339 e. The van der Waals surface area contributed by atoms with Crippen molar-refractivity contribution in [2.75, 3.05) is 26.2 Å². The van der Waals surface area contributed by atoms with Gasteiger partial charge in [-0.25, -0.2) is 4.98 Å². The van der Waals surface area contributed by atoms with Gasteiger partial charge in [-0.15, -0.1) is 11.3 Å². The number of carbonyl (C=O) groups excluding carboxylic acids is 1. The van der Waals surface area contributed by atoms with Crippen molar-refractivity contribution in [1.82, 2.24) is 15.2 Å². The molecule has 2 aromatic rings. The smallest absolute Gasteiger partial charge is 0.253 e. The van der Waals surface area contributed by atoms with Crippen LogP contribution in [0.25, 0.3) is 10.2 Å². The number of carbonyl (C=O) groups is 1. The fourth-order valence-electron chi connectivity index (χ4n) is 3.59. The molecule has 0 saturated carbocycles. The van der Waals surface area contributed by atoms with E-state index >= 15 is 0 Å². The molecule has 0 radical (unpaired) electrons. The van der Waals surface area contributed by atoms with E-state index in [2.05, 4.69) is 10.3 Å². The van der Waals surface area contributed by atoms with Crippen molar-refractivity contribution in [2.45, 2.75) is 12.8 Å². The summed E-state index contributed by atoms with van der Waals surface area (Å²) in [4.78, 5) is 19.0. The van der Waals surface area contributed by atoms with Crippen LogP contribution >= 0.6 is 11.3 Å². The Kier molecular flexibility index (Phi) is 3.39. The molecule has 0 bridgehead atoms. The van der Waals surface area contributed by atoms with Gasteiger partial charge in [0.1, 0.15) is 0 Å². The van der Waals surface area contributed by atoms with Crippen LogP contribution in [-0.4, -0.2) is 42.0 Å². The van der Waals surface area contributed by atoms with Crippen LogP contribution in [0.3, 0.4) is 0 Å². The van der Waals surface area contributed by atoms with Gasteiger partial charge in [-0.1, -0.05) is 0 Å². The molecule has 2 aliphatic heterocycles. The van der Waals surface area contributed by atoms with E-state index in [1.807, 2.05) is 28.6 Å². The van der Waals surface area contributed by atoms with Crippen molar-refractivity contribution >= 4 is 27.5 Å². The molecule has 2 saturated heterocycles. The van der Waals surface area contributed by atoms with Crippen molar-refractivity contribution in [3.05, 3.63) is 29.3 Å². The van der Waals surface area contributed by atoms with Crippen LogP contribution in [0.1, 0.15) is 23.2 Å². The summed E-state index contributed by atoms with van der Waals surface area (Å²) >= 11 is 1.59. The van der Waals surface area contributed by atoms with E-state index in [-0.39, 0.29) is 5.91 Å². The van der Waals surface area contributed by atoms with Gasteiger partial charge in [-0.3, -0.25) is 4.79 Å². The molecule has 2 atom stereocenters. The fraction of sp³-hybridized carbons (Fsp3) is 0.500. The number of likely N-dealkylation sites (tertiary alicyclic amines) is 1. The molecule has 21 heavy (non-hydrogen) atoms. The fourth-order valence-corrected chi connectivity index (χ4v) is 4.31. The van der Waals surface area contributed by atoms with Crippen LogP contribution in [0.4, 0.5) is 0 Å². The summed E-state index contributed by atoms with van der Waals surface area (Å²) in [6.45, 7) is 4.03. The van der Waals surface area contributed by atoms with Gasteiger partial charge < -0.3 is 10.2 Å². The lowest BCUT2D eigenvalue weighted by molar-refractivity contribution is 0.0758. The number of rotatable bonds is 1. The minimum absolute atomic E-state index is 0.179. The Morgan fingerprint density at radius 2 is 2.00 bits per heavy atom. The van der Waals surface area contributed by atoms with Gasteiger partial charge in [-0.2, -0.15) is 0 Å². The van der Waals surface area contributed by atoms with Gasteiger partial charge in [0.25, 0.3) is 5.91 Å². The molecule has 0 aliphatic carbocycles. The Hall–Kier alpha value is -1.46. The Balaban J connectivity index is 1.53. The number of benzene rings is 1. The highest BCUT2D eigenvalue weighted by Crippen LogP contribution is 2.28. The van der Waals surface area contributed by atoms with Gasteiger partial charge >= 0.3 is 0 Å². The lowest BCUT2D eigenvalue weighted by Gasteiger charge is -2.21. The number of hydrogen-bond acceptors (Lipinski definition) is 4. The zero-order valence-electron chi connectivity index (χ0n) is 11.9. The number of thiazole rings is 1. The SMILES string of the molecule is O=C(c1ccc2ncsc2c1)N1CC[C@@H]2CNC[C@@H]2CC1. The van der Waals surface area contributed by atoms with Crippen LogP contribution in [0.5, 0.6) is 0 Å². The number of nitrogens with one attached hydrogen (secondary N) is 1. The van der Waals surface area contributed by atoms with Gasteiger partial charge in [0, 0.05) is 18.7 Å². The Morgan fingerprint density at radius 1 is 1.24 bits per heavy atom. The molecule has 5 heteroatoms. The summed E-state index contributed by atoms with van der Waals surface area (Å²) in [5.74, 6) is 1.69. The summed E-state index contributed by atoms with van der Waals surface area (Å²) in [6, 6.07) is 5.86. The third-order valence-corrected chi connectivity index (χ3v) is 5.68. The highest BCUT2D eigenvalue weighted by Gasteiger charge is 2.31. The zero-order chi connectivity index (χ0) is 14.2. The lowest BCUT2D eigenvalue weighted by atomic mass is 9.92. The van der Waals surface area contributed by atoms with E-state index in [9.17, 15) is 4.79 Å². The van der Waals surface area contributed by atoms with Crippen molar-refractivity contribution < 1.29 is 4.79 Å². The molecule has 2 aliphatic rings. The first-order valence-electron chi connectivity index (χ1n) is 7.64. The van der Waals surface area contributed by atoms with Crippen molar-refractivity contribution in [3.8, 4) is 0 Å². The van der Waals surface area contributed by atoms with Crippen molar-refractivity contribution in [3.63, 3.8) is 0 Å². The van der Waals surface area contributed by atoms with Crippen LogP contribution < -0.4 is 5.32 Å². The summed E-state index contributed by atoms with van der Waals surface area (Å²) in [5, 5.41) is 3.48. The summed E-state index contributed by atoms with van der Waals surface area (Å²) in [6.07, 6.45) is 2.26. The maximum absolute atomic E-state index is 12.7. The number of aromatic nitrogens is 1. The molecule has 1 aromatic heterocycles. The molecule has 4 rings (SSSR count). The topological polar surface area (TPSA) is 45.2 Å². The molecule has 110 valence electrons. The summed E-state index contributed by atoms with van der Waals surface area (Å²) in [5.41, 5.74) is 3.61. The quantitative estimate of drug-likeness (QED) is 0.879. The van der Waals surface area contributed by atoms with Gasteiger partial charge in [0.15, 0.2) is 0 Å². The van der Waals surface area contributed by atoms with Crippen LogP contribution in [0.15, 0.2) is 23.7 Å². The number of amides is 1. The van der Waals surface area contributed by atoms with Crippen LogP contribution in [-0.2, 0) is 0 Å². The standard InChI is InChI=1S/C16H19N3OS/c20-16(11-1-2-14-15(7-11)21-10-18-14)19-5-3-12-8-17-9-13(12)4-6-19/h1-2,7,10,12-13,17H,3-6,8-9H2/t12-,13+. The highest BCUT2D eigenvalue weighted by molar-refractivity contribution is 7.16. The second-order valence-electron chi connectivity index (χ2n) is 6.08. The molecule has 0 unspecified atom stereocenters. The molecular formula is C16H19N3OS. The molecule has 2 fully saturated rings. The predicted octanol–water partition coefficient (Wildman–Crippen LogP) is 2.37. The maximum Gasteiger partial charge on any atom is 0.253 e. The summed E-state index contributed by atoms with van der Waals surface area (Å²) in [7, 11) is 0. The Morgan fingerprint density at radius 3 is 2.76 bits per heavy atom. The number of nitrogens with zero attached hydrogens (tertiary/aromatic N) is 2. The number of hydrogen-bond donors (Lipinski definition) is 1. The summed E-state index contributed by atoms with van der Waals surface area (Å²) < 4.78 is 1.09. The molecule has 1 aromatic carbocycles. The van der Waals surface area contributed by atoms with Crippen molar-refractivity contribution in [2.24, 2.45) is 11.8 Å². The van der Waals surface area contributed by atoms with Gasteiger partial charge in [0.05, 0.1) is 15.7 Å². The van der Waals surface area contributed by atoms with E-state index in [1.54, 1.807) is 11.3 Å². The maximum atomic E-state index is 12.7. The first kappa shape index (κ1) is 13.2. The average Bonchev–Trinajstić information content (AvgIpc) is 3.11. The zero-order valence-corrected chi connectivity index (χ0v) is 12.7. The third-order valence-electron chi connectivity index (χ3n) is 4.88. The minimum atomic E-state index is 0.179. The van der Waals surface area contributed by atoms with E-state index in [1.165, 1.54) is 0 Å². The average molecular weight is 301 g/mol. The first-order chi connectivity index (χ1) is 10.3.